The van der Waals surface area contributed by atoms with Gasteiger partial charge in [-0.25, -0.2) is 19.3 Å². The van der Waals surface area contributed by atoms with E-state index in [0.717, 1.165) is 38.5 Å². The van der Waals surface area contributed by atoms with Gasteiger partial charge in [-0.15, -0.1) is 0 Å². The number of Topliss-reactive ketones (excluding diaryl/α,β-unsaturated/α-hetero) is 2. The summed E-state index contributed by atoms with van der Waals surface area (Å²) in [4.78, 5) is 94.8. The molecule has 6 rings (SSSR count). The molecule has 0 radical (unpaired) electrons. The van der Waals surface area contributed by atoms with Crippen LogP contribution in [0.5, 0.6) is 0 Å². The molecule has 1 amide bonds. The maximum absolute atomic E-state index is 14.1. The third-order valence-electron chi connectivity index (χ3n) is 14.6. The first-order chi connectivity index (χ1) is 35.3. The number of allylic oxidation sites excluding steroid dienone is 8. The van der Waals surface area contributed by atoms with Crippen molar-refractivity contribution in [2.75, 3.05) is 66.1 Å². The van der Waals surface area contributed by atoms with Crippen LogP contribution in [0.25, 0.3) is 9.69 Å². The Balaban J connectivity index is 1.35. The largest absolute Gasteiger partial charge is 0.470 e. The highest BCUT2D eigenvalue weighted by Gasteiger charge is 2.39. The van der Waals surface area contributed by atoms with Crippen molar-refractivity contribution in [3.05, 3.63) is 90.3 Å². The molecule has 0 aromatic heterocycles. The average Bonchev–Trinajstić information content (AvgIpc) is 4.26. The molecule has 0 bridgehead atoms. The Kier molecular flexibility index (Phi) is 18.9. The number of likely N-dealkylation sites (tertiary alicyclic amines) is 3. The molecule has 3 aliphatic heterocycles. The minimum absolute atomic E-state index is 0.0331. The second-order valence-electron chi connectivity index (χ2n) is 19.0. The normalized spacial score (nSPS) is 23.4. The van der Waals surface area contributed by atoms with E-state index in [-0.39, 0.29) is 102 Å². The number of ketones is 2. The number of esters is 3. The van der Waals surface area contributed by atoms with Crippen molar-refractivity contribution in [3.63, 3.8) is 0 Å². The van der Waals surface area contributed by atoms with Crippen molar-refractivity contribution in [3.8, 4) is 24.3 Å². The Morgan fingerprint density at radius 1 is 0.589 bits per heavy atom. The van der Waals surface area contributed by atoms with Gasteiger partial charge in [-0.05, 0) is 93.8 Å². The van der Waals surface area contributed by atoms with Crippen molar-refractivity contribution in [1.82, 2.24) is 20.0 Å². The van der Waals surface area contributed by atoms with Crippen molar-refractivity contribution < 1.29 is 43.0 Å². The lowest BCUT2D eigenvalue weighted by atomic mass is 9.78. The molecule has 0 spiro atoms. The smallest absolute Gasteiger partial charge is 0.349 e. The fourth-order valence-corrected chi connectivity index (χ4v) is 10.7. The van der Waals surface area contributed by atoms with Crippen molar-refractivity contribution in [2.45, 2.75) is 104 Å². The standard InChI is InChI=1S/C54H60N10O9/c1-6-47(65)34-20-37(40(26-55)44(23-34)62-14-8-9-15-62)42(28-57)52(68)71-30-33(31-72-53(69)43(29-58)38-21-35(48(66)7-2)24-45(41(38)27-56)63-16-10-11-17-63)32-73-54(70)50(60-4)39-22-36(51(67)61-5)25-46(49(39)59-3)64-18-12-13-19-64/h33-36H,6-25,30-32H2,1-2,5H3,(H,61,67)/b42-37+,43-38+,50-39-. The molecule has 6 aliphatic rings. The van der Waals surface area contributed by atoms with Gasteiger partial charge < -0.3 is 34.2 Å². The molecule has 3 atom stereocenters. The average molecular weight is 993 g/mol. The van der Waals surface area contributed by atoms with Crippen LogP contribution in [-0.2, 0) is 43.0 Å². The molecule has 3 heterocycles. The van der Waals surface area contributed by atoms with Crippen LogP contribution in [0.15, 0.2) is 67.5 Å². The van der Waals surface area contributed by atoms with Gasteiger partial charge in [-0.2, -0.15) is 21.0 Å². The SMILES string of the molecule is [C-]#[N+]C1=C(N2CCCC2)CC(C(=O)NC)C/C1=C(/[N+]#[C-])C(=O)OCC(COC(=O)/C(C#N)=C1\CC(C(=O)CC)CC(N2CCCC2)=C1C#N)COC(=O)/C(C#N)=C1\CC(C(=O)CC)CC(N2CCCC2)=C1C#N. The summed E-state index contributed by atoms with van der Waals surface area (Å²) >= 11 is 0. The number of hydrogen-bond acceptors (Lipinski definition) is 16. The number of nitrogens with zero attached hydrogens (tertiary/aromatic N) is 9. The van der Waals surface area contributed by atoms with Crippen molar-refractivity contribution in [2.24, 2.45) is 23.7 Å². The number of ether oxygens (including phenoxy) is 3. The fraction of sp³-hybridized carbons (Fsp3) is 0.556. The van der Waals surface area contributed by atoms with Crippen LogP contribution in [-0.4, -0.2) is 116 Å². The molecule has 3 aliphatic carbocycles. The number of carbonyl (C=O) groups is 6. The van der Waals surface area contributed by atoms with Gasteiger partial charge >= 0.3 is 17.9 Å². The summed E-state index contributed by atoms with van der Waals surface area (Å²) in [5, 5.41) is 44.5. The molecule has 1 N–H and O–H groups in total. The van der Waals surface area contributed by atoms with Gasteiger partial charge in [0.05, 0.1) is 36.8 Å². The minimum atomic E-state index is -1.23. The molecule has 19 nitrogen and oxygen atoms in total. The van der Waals surface area contributed by atoms with E-state index in [1.54, 1.807) is 13.8 Å². The van der Waals surface area contributed by atoms with Crippen LogP contribution in [0.3, 0.4) is 0 Å². The number of carbonyl (C=O) groups excluding carboxylic acids is 6. The summed E-state index contributed by atoms with van der Waals surface area (Å²) in [6.07, 6.45) is 6.10. The lowest BCUT2D eigenvalue weighted by molar-refractivity contribution is -0.148. The zero-order valence-electron chi connectivity index (χ0n) is 41.8. The summed E-state index contributed by atoms with van der Waals surface area (Å²) in [5.41, 5.74) is 0.570. The van der Waals surface area contributed by atoms with E-state index in [4.69, 9.17) is 27.4 Å². The lowest BCUT2D eigenvalue weighted by Gasteiger charge is -2.32. The first-order valence-corrected chi connectivity index (χ1v) is 25.1. The van der Waals surface area contributed by atoms with Gasteiger partial charge in [0.15, 0.2) is 5.70 Å². The quantitative estimate of drug-likeness (QED) is 0.0580. The topological polar surface area (TPSA) is 256 Å². The molecule has 0 aromatic carbocycles. The van der Waals surface area contributed by atoms with Gasteiger partial charge in [0.1, 0.15) is 60.2 Å². The molecular formula is C54H60N10O9. The Labute approximate surface area is 426 Å². The predicted molar refractivity (Wildman–Crippen MR) is 259 cm³/mol. The van der Waals surface area contributed by atoms with E-state index in [2.05, 4.69) is 27.1 Å². The van der Waals surface area contributed by atoms with E-state index in [1.165, 1.54) is 7.05 Å². The second kappa shape index (κ2) is 25.4. The third kappa shape index (κ3) is 12.2. The van der Waals surface area contributed by atoms with E-state index in [1.807, 2.05) is 26.8 Å². The maximum atomic E-state index is 14.1. The van der Waals surface area contributed by atoms with Crippen LogP contribution in [0.1, 0.15) is 104 Å². The van der Waals surface area contributed by atoms with Gasteiger partial charge in [-0.3, -0.25) is 19.2 Å². The zero-order valence-corrected chi connectivity index (χ0v) is 41.8. The fourth-order valence-electron chi connectivity index (χ4n) is 10.7. The van der Waals surface area contributed by atoms with Gasteiger partial charge in [-0.1, -0.05) is 13.8 Å². The molecule has 3 fully saturated rings. The Bertz CT molecular complexity index is 2440. The highest BCUT2D eigenvalue weighted by Crippen LogP contribution is 2.42. The van der Waals surface area contributed by atoms with Gasteiger partial charge in [0, 0.05) is 94.0 Å². The lowest BCUT2D eigenvalue weighted by Crippen LogP contribution is -2.34. The summed E-state index contributed by atoms with van der Waals surface area (Å²) in [5.74, 6) is -7.20. The van der Waals surface area contributed by atoms with E-state index in [0.29, 0.717) is 56.4 Å². The highest BCUT2D eigenvalue weighted by molar-refractivity contribution is 5.97. The molecular weight excluding hydrogens is 933 g/mol. The van der Waals surface area contributed by atoms with Gasteiger partial charge in [0.2, 0.25) is 5.91 Å². The van der Waals surface area contributed by atoms with Crippen LogP contribution < -0.4 is 5.32 Å². The maximum Gasteiger partial charge on any atom is 0.349 e. The molecule has 3 saturated heterocycles. The second-order valence-corrected chi connectivity index (χ2v) is 19.0. The first kappa shape index (κ1) is 54.3. The first-order valence-electron chi connectivity index (χ1n) is 25.1. The third-order valence-corrected chi connectivity index (χ3v) is 14.6. The molecule has 380 valence electrons. The zero-order chi connectivity index (χ0) is 52.8. The van der Waals surface area contributed by atoms with Crippen LogP contribution >= 0.6 is 0 Å². The summed E-state index contributed by atoms with van der Waals surface area (Å²) in [7, 11) is 1.47. The number of nitrogens with one attached hydrogen (secondary N) is 1. The Morgan fingerprint density at radius 2 is 0.973 bits per heavy atom. The monoisotopic (exact) mass is 992 g/mol. The number of rotatable bonds is 17. The van der Waals surface area contributed by atoms with Crippen molar-refractivity contribution >= 4 is 35.4 Å². The molecule has 73 heavy (non-hydrogen) atoms. The molecule has 0 aromatic rings. The summed E-state index contributed by atoms with van der Waals surface area (Å²) in [6.45, 7) is 21.4. The summed E-state index contributed by atoms with van der Waals surface area (Å²) in [6, 6.07) is 8.10. The highest BCUT2D eigenvalue weighted by atomic mass is 16.6. The van der Waals surface area contributed by atoms with Crippen LogP contribution in [0.2, 0.25) is 0 Å². The number of nitriles is 4. The van der Waals surface area contributed by atoms with E-state index < -0.39 is 78.2 Å². The Morgan fingerprint density at radius 3 is 1.33 bits per heavy atom. The number of amides is 1. The molecule has 3 unspecified atom stereocenters. The van der Waals surface area contributed by atoms with E-state index in [9.17, 15) is 49.8 Å². The van der Waals surface area contributed by atoms with Crippen LogP contribution in [0.4, 0.5) is 0 Å². The van der Waals surface area contributed by atoms with E-state index >= 15 is 0 Å². The molecule has 0 saturated carbocycles. The van der Waals surface area contributed by atoms with Gasteiger partial charge in [0.25, 0.3) is 5.70 Å². The minimum Gasteiger partial charge on any atom is -0.470 e. The summed E-state index contributed by atoms with van der Waals surface area (Å²) < 4.78 is 17.1. The number of hydrogen-bond donors (Lipinski definition) is 1. The Hall–Kier alpha value is -8.00. The predicted octanol–water partition coefficient (Wildman–Crippen LogP) is 5.95. The van der Waals surface area contributed by atoms with Crippen LogP contribution in [0, 0.1) is 82.1 Å². The van der Waals surface area contributed by atoms with Crippen molar-refractivity contribution in [1.29, 1.82) is 21.0 Å². The molecule has 19 heteroatoms.